The third kappa shape index (κ3) is 4.11. The van der Waals surface area contributed by atoms with E-state index in [0.717, 1.165) is 16.8 Å². The summed E-state index contributed by atoms with van der Waals surface area (Å²) in [5.41, 5.74) is 2.67. The summed E-state index contributed by atoms with van der Waals surface area (Å²) in [6.07, 6.45) is 0. The van der Waals surface area contributed by atoms with E-state index < -0.39 is 0 Å². The SMILES string of the molecule is Cc1ccc(NC(=O)[C@@H](C)Sc2nnc(-c3ccc(F)cc3)n2C)cc1. The van der Waals surface area contributed by atoms with Gasteiger partial charge in [-0.1, -0.05) is 29.5 Å². The molecule has 1 heterocycles. The fourth-order valence-corrected chi connectivity index (χ4v) is 3.18. The zero-order valence-electron chi connectivity index (χ0n) is 14.7. The van der Waals surface area contributed by atoms with Crippen LogP contribution in [0.2, 0.25) is 0 Å². The second-order valence-corrected chi connectivity index (χ2v) is 7.30. The van der Waals surface area contributed by atoms with Crippen molar-refractivity contribution in [2.75, 3.05) is 5.32 Å². The highest BCUT2D eigenvalue weighted by atomic mass is 32.2. The largest absolute Gasteiger partial charge is 0.325 e. The van der Waals surface area contributed by atoms with Gasteiger partial charge in [0.15, 0.2) is 11.0 Å². The first-order chi connectivity index (χ1) is 12.4. The molecule has 26 heavy (non-hydrogen) atoms. The molecule has 7 heteroatoms. The van der Waals surface area contributed by atoms with Crippen molar-refractivity contribution < 1.29 is 9.18 Å². The first kappa shape index (κ1) is 18.1. The lowest BCUT2D eigenvalue weighted by Gasteiger charge is -2.12. The topological polar surface area (TPSA) is 59.8 Å². The molecular weight excluding hydrogens is 351 g/mol. The van der Waals surface area contributed by atoms with Gasteiger partial charge in [0, 0.05) is 18.3 Å². The van der Waals surface area contributed by atoms with Gasteiger partial charge in [0.2, 0.25) is 5.91 Å². The Kier molecular flexibility index (Phi) is 5.37. The number of hydrogen-bond acceptors (Lipinski definition) is 4. The van der Waals surface area contributed by atoms with Gasteiger partial charge in [0.05, 0.1) is 5.25 Å². The zero-order valence-corrected chi connectivity index (χ0v) is 15.5. The van der Waals surface area contributed by atoms with Crippen molar-refractivity contribution in [1.82, 2.24) is 14.8 Å². The lowest BCUT2D eigenvalue weighted by atomic mass is 10.2. The summed E-state index contributed by atoms with van der Waals surface area (Å²) in [5.74, 6) is 0.218. The van der Waals surface area contributed by atoms with Gasteiger partial charge in [-0.15, -0.1) is 10.2 Å². The number of carbonyl (C=O) groups is 1. The molecule has 0 spiro atoms. The second kappa shape index (κ2) is 7.70. The summed E-state index contributed by atoms with van der Waals surface area (Å²) in [6, 6.07) is 13.7. The molecule has 1 atom stereocenters. The van der Waals surface area contributed by atoms with Crippen LogP contribution in [0.3, 0.4) is 0 Å². The highest BCUT2D eigenvalue weighted by Crippen LogP contribution is 2.26. The Morgan fingerprint density at radius 3 is 2.42 bits per heavy atom. The second-order valence-electron chi connectivity index (χ2n) is 5.99. The van der Waals surface area contributed by atoms with Crippen LogP contribution in [0.15, 0.2) is 53.7 Å². The number of aryl methyl sites for hydroxylation is 1. The number of anilines is 1. The fraction of sp³-hybridized carbons (Fsp3) is 0.211. The fourth-order valence-electron chi connectivity index (χ4n) is 2.36. The van der Waals surface area contributed by atoms with E-state index in [1.807, 2.05) is 45.2 Å². The number of nitrogens with one attached hydrogen (secondary N) is 1. The minimum Gasteiger partial charge on any atom is -0.325 e. The molecular formula is C19H19FN4OS. The molecule has 0 saturated heterocycles. The Hall–Kier alpha value is -2.67. The lowest BCUT2D eigenvalue weighted by molar-refractivity contribution is -0.115. The zero-order chi connectivity index (χ0) is 18.7. The number of carbonyl (C=O) groups excluding carboxylic acids is 1. The number of halogens is 1. The molecule has 0 fully saturated rings. The van der Waals surface area contributed by atoms with Crippen LogP contribution < -0.4 is 5.32 Å². The van der Waals surface area contributed by atoms with Gasteiger partial charge in [0.1, 0.15) is 5.82 Å². The summed E-state index contributed by atoms with van der Waals surface area (Å²) in [4.78, 5) is 12.4. The van der Waals surface area contributed by atoms with Crippen LogP contribution in [0.25, 0.3) is 11.4 Å². The van der Waals surface area contributed by atoms with E-state index in [9.17, 15) is 9.18 Å². The normalized spacial score (nSPS) is 12.0. The highest BCUT2D eigenvalue weighted by molar-refractivity contribution is 8.00. The van der Waals surface area contributed by atoms with Crippen molar-refractivity contribution >= 4 is 23.4 Å². The van der Waals surface area contributed by atoms with Crippen molar-refractivity contribution in [2.24, 2.45) is 7.05 Å². The Morgan fingerprint density at radius 2 is 1.77 bits per heavy atom. The van der Waals surface area contributed by atoms with Crippen molar-refractivity contribution in [1.29, 1.82) is 0 Å². The number of nitrogens with zero attached hydrogens (tertiary/aromatic N) is 3. The van der Waals surface area contributed by atoms with E-state index in [1.165, 1.54) is 23.9 Å². The van der Waals surface area contributed by atoms with Crippen LogP contribution in [0.4, 0.5) is 10.1 Å². The van der Waals surface area contributed by atoms with Crippen LogP contribution in [-0.2, 0) is 11.8 Å². The quantitative estimate of drug-likeness (QED) is 0.689. The van der Waals surface area contributed by atoms with Crippen LogP contribution in [0.5, 0.6) is 0 Å². The Bertz CT molecular complexity index is 906. The van der Waals surface area contributed by atoms with Gasteiger partial charge >= 0.3 is 0 Å². The molecule has 134 valence electrons. The molecule has 1 aromatic heterocycles. The van der Waals surface area contributed by atoms with E-state index in [4.69, 9.17) is 0 Å². The number of amides is 1. The maximum Gasteiger partial charge on any atom is 0.237 e. The Balaban J connectivity index is 1.69. The number of aromatic nitrogens is 3. The van der Waals surface area contributed by atoms with E-state index in [2.05, 4.69) is 15.5 Å². The average molecular weight is 370 g/mol. The minimum atomic E-state index is -0.347. The van der Waals surface area contributed by atoms with Gasteiger partial charge < -0.3 is 9.88 Å². The van der Waals surface area contributed by atoms with Crippen LogP contribution in [-0.4, -0.2) is 25.9 Å². The summed E-state index contributed by atoms with van der Waals surface area (Å²) in [6.45, 7) is 3.82. The lowest BCUT2D eigenvalue weighted by Crippen LogP contribution is -2.22. The van der Waals surface area contributed by atoms with Crippen LogP contribution >= 0.6 is 11.8 Å². The van der Waals surface area contributed by atoms with Crippen LogP contribution in [0, 0.1) is 12.7 Å². The van der Waals surface area contributed by atoms with Gasteiger partial charge in [-0.05, 0) is 50.2 Å². The molecule has 1 amide bonds. The predicted molar refractivity (Wildman–Crippen MR) is 102 cm³/mol. The third-order valence-electron chi connectivity index (χ3n) is 3.91. The molecule has 1 N–H and O–H groups in total. The predicted octanol–water partition coefficient (Wildman–Crippen LogP) is 4.05. The molecule has 0 bridgehead atoms. The van der Waals surface area contributed by atoms with Crippen molar-refractivity contribution in [3.8, 4) is 11.4 Å². The Morgan fingerprint density at radius 1 is 1.12 bits per heavy atom. The van der Waals surface area contributed by atoms with Gasteiger partial charge in [-0.25, -0.2) is 4.39 Å². The number of benzene rings is 2. The minimum absolute atomic E-state index is 0.106. The van der Waals surface area contributed by atoms with E-state index in [0.29, 0.717) is 11.0 Å². The van der Waals surface area contributed by atoms with Gasteiger partial charge in [-0.2, -0.15) is 0 Å². The van der Waals surface area contributed by atoms with Gasteiger partial charge in [0.25, 0.3) is 0 Å². The smallest absolute Gasteiger partial charge is 0.237 e. The molecule has 0 unspecified atom stereocenters. The highest BCUT2D eigenvalue weighted by Gasteiger charge is 2.19. The molecule has 5 nitrogen and oxygen atoms in total. The molecule has 3 aromatic rings. The number of thioether (sulfide) groups is 1. The molecule has 0 aliphatic rings. The summed E-state index contributed by atoms with van der Waals surface area (Å²) in [5, 5.41) is 11.5. The summed E-state index contributed by atoms with van der Waals surface area (Å²) >= 11 is 1.32. The molecule has 0 radical (unpaired) electrons. The van der Waals surface area contributed by atoms with E-state index in [1.54, 1.807) is 16.7 Å². The molecule has 3 rings (SSSR count). The number of rotatable bonds is 5. The van der Waals surface area contributed by atoms with Crippen molar-refractivity contribution in [3.05, 3.63) is 59.9 Å². The van der Waals surface area contributed by atoms with Crippen molar-refractivity contribution in [3.63, 3.8) is 0 Å². The summed E-state index contributed by atoms with van der Waals surface area (Å²) < 4.78 is 14.9. The molecule has 0 saturated carbocycles. The molecule has 0 aliphatic heterocycles. The first-order valence-electron chi connectivity index (χ1n) is 8.13. The first-order valence-corrected chi connectivity index (χ1v) is 9.01. The van der Waals surface area contributed by atoms with Gasteiger partial charge in [-0.3, -0.25) is 4.79 Å². The van der Waals surface area contributed by atoms with Crippen molar-refractivity contribution in [2.45, 2.75) is 24.3 Å². The van der Waals surface area contributed by atoms with E-state index in [-0.39, 0.29) is 17.0 Å². The standard InChI is InChI=1S/C19H19FN4OS/c1-12-4-10-16(11-5-12)21-18(25)13(2)26-19-23-22-17(24(19)3)14-6-8-15(20)9-7-14/h4-11,13H,1-3H3,(H,21,25)/t13-/m1/s1. The average Bonchev–Trinajstić information content (AvgIpc) is 2.98. The molecule has 0 aliphatic carbocycles. The molecule has 2 aromatic carbocycles. The monoisotopic (exact) mass is 370 g/mol. The third-order valence-corrected chi connectivity index (χ3v) is 5.04. The van der Waals surface area contributed by atoms with Crippen LogP contribution in [0.1, 0.15) is 12.5 Å². The maximum absolute atomic E-state index is 13.1. The Labute approximate surface area is 155 Å². The van der Waals surface area contributed by atoms with E-state index >= 15 is 0 Å². The maximum atomic E-state index is 13.1. The summed E-state index contributed by atoms with van der Waals surface area (Å²) in [7, 11) is 1.83. The number of hydrogen-bond donors (Lipinski definition) is 1.